The number of benzene rings is 1. The highest BCUT2D eigenvalue weighted by Crippen LogP contribution is 2.24. The van der Waals surface area contributed by atoms with Crippen LogP contribution in [0, 0.1) is 0 Å². The van der Waals surface area contributed by atoms with E-state index in [2.05, 4.69) is 15.3 Å². The second-order valence-corrected chi connectivity index (χ2v) is 5.35. The number of alkyl halides is 1. The number of anilines is 1. The molecular weight excluding hydrogens is 309 g/mol. The van der Waals surface area contributed by atoms with Crippen molar-refractivity contribution in [2.45, 2.75) is 6.10 Å². The molecule has 3 rings (SSSR count). The Balaban J connectivity index is 1.83. The zero-order valence-electron chi connectivity index (χ0n) is 13.2. The molecule has 1 atom stereocenters. The topological polar surface area (TPSA) is 67.3 Å². The maximum absolute atomic E-state index is 12.2. The van der Waals surface area contributed by atoms with Gasteiger partial charge in [-0.3, -0.25) is 0 Å². The number of hydrogen-bond acceptors (Lipinski definition) is 5. The molecule has 0 spiro atoms. The summed E-state index contributed by atoms with van der Waals surface area (Å²) in [5.41, 5.74) is 2.59. The number of halogens is 1. The maximum atomic E-state index is 12.2. The number of pyridine rings is 2. The molecule has 0 fully saturated rings. The van der Waals surface area contributed by atoms with Crippen molar-refractivity contribution < 1.29 is 14.2 Å². The fraction of sp³-hybridized carbons (Fsp3) is 0.222. The van der Waals surface area contributed by atoms with E-state index in [1.807, 2.05) is 43.4 Å². The van der Waals surface area contributed by atoms with Gasteiger partial charge in [0.15, 0.2) is 0 Å². The van der Waals surface area contributed by atoms with Crippen molar-refractivity contribution in [3.63, 3.8) is 0 Å². The second kappa shape index (κ2) is 7.23. The molecular formula is C18H18FN3O2. The van der Waals surface area contributed by atoms with Crippen LogP contribution >= 0.6 is 0 Å². The van der Waals surface area contributed by atoms with Crippen molar-refractivity contribution in [3.8, 4) is 17.0 Å². The smallest absolute Gasteiger partial charge is 0.125 e. The van der Waals surface area contributed by atoms with Crippen LogP contribution in [-0.4, -0.2) is 41.5 Å². The summed E-state index contributed by atoms with van der Waals surface area (Å²) in [4.78, 5) is 8.92. The quantitative estimate of drug-likeness (QED) is 0.728. The van der Waals surface area contributed by atoms with E-state index in [0.717, 1.165) is 28.0 Å². The van der Waals surface area contributed by atoms with Crippen molar-refractivity contribution in [3.05, 3.63) is 48.7 Å². The van der Waals surface area contributed by atoms with Crippen molar-refractivity contribution in [1.29, 1.82) is 0 Å². The van der Waals surface area contributed by atoms with E-state index < -0.39 is 12.8 Å². The first kappa shape index (κ1) is 16.1. The summed E-state index contributed by atoms with van der Waals surface area (Å²) >= 11 is 0. The highest BCUT2D eigenvalue weighted by Gasteiger charge is 2.06. The number of nitrogens with zero attached hydrogens (tertiary/aromatic N) is 2. The fourth-order valence-electron chi connectivity index (χ4n) is 2.28. The number of aliphatic hydroxyl groups is 1. The minimum Gasteiger partial charge on any atom is -0.491 e. The Morgan fingerprint density at radius 2 is 2.08 bits per heavy atom. The lowest BCUT2D eigenvalue weighted by molar-refractivity contribution is 0.0842. The van der Waals surface area contributed by atoms with Crippen LogP contribution in [0.1, 0.15) is 0 Å². The fourth-order valence-corrected chi connectivity index (χ4v) is 2.28. The molecule has 6 heteroatoms. The van der Waals surface area contributed by atoms with Crippen LogP contribution in [0.15, 0.2) is 48.7 Å². The number of ether oxygens (including phenoxy) is 1. The van der Waals surface area contributed by atoms with Crippen LogP contribution in [-0.2, 0) is 0 Å². The summed E-state index contributed by atoms with van der Waals surface area (Å²) in [7, 11) is 1.82. The lowest BCUT2D eigenvalue weighted by Crippen LogP contribution is -2.19. The molecule has 0 aliphatic rings. The van der Waals surface area contributed by atoms with Crippen molar-refractivity contribution in [1.82, 2.24) is 9.97 Å². The van der Waals surface area contributed by atoms with Crippen molar-refractivity contribution in [2.75, 3.05) is 25.6 Å². The highest BCUT2D eigenvalue weighted by molar-refractivity contribution is 5.82. The third-order valence-corrected chi connectivity index (χ3v) is 3.60. The summed E-state index contributed by atoms with van der Waals surface area (Å²) in [6.07, 6.45) is 0.671. The van der Waals surface area contributed by atoms with Crippen molar-refractivity contribution in [2.24, 2.45) is 0 Å². The first-order valence-electron chi connectivity index (χ1n) is 7.61. The van der Waals surface area contributed by atoms with Crippen LogP contribution in [0.2, 0.25) is 0 Å². The zero-order chi connectivity index (χ0) is 16.9. The van der Waals surface area contributed by atoms with E-state index >= 15 is 0 Å². The Bertz CT molecular complexity index is 824. The molecule has 0 unspecified atom stereocenters. The number of rotatable bonds is 6. The summed E-state index contributed by atoms with van der Waals surface area (Å²) in [5, 5.41) is 13.1. The van der Waals surface area contributed by atoms with Gasteiger partial charge in [-0.1, -0.05) is 6.07 Å². The normalized spacial score (nSPS) is 12.1. The molecule has 5 nitrogen and oxygen atoms in total. The largest absolute Gasteiger partial charge is 0.491 e. The van der Waals surface area contributed by atoms with Gasteiger partial charge in [-0.05, 0) is 36.4 Å². The van der Waals surface area contributed by atoms with Gasteiger partial charge in [0.25, 0.3) is 0 Å². The SMILES string of the molecule is CNc1ccc(-c2ccc3cc(OC[C@@H](O)CF)ccc3n2)cn1. The van der Waals surface area contributed by atoms with E-state index in [9.17, 15) is 9.50 Å². The molecule has 3 aromatic rings. The number of fused-ring (bicyclic) bond motifs is 1. The van der Waals surface area contributed by atoms with Crippen LogP contribution in [0.3, 0.4) is 0 Å². The summed E-state index contributed by atoms with van der Waals surface area (Å²) in [6, 6.07) is 13.1. The molecule has 2 N–H and O–H groups in total. The molecule has 0 amide bonds. The second-order valence-electron chi connectivity index (χ2n) is 5.35. The van der Waals surface area contributed by atoms with Gasteiger partial charge < -0.3 is 15.2 Å². The molecule has 0 aliphatic heterocycles. The molecule has 0 radical (unpaired) electrons. The third-order valence-electron chi connectivity index (χ3n) is 3.60. The van der Waals surface area contributed by atoms with Gasteiger partial charge in [-0.15, -0.1) is 0 Å². The van der Waals surface area contributed by atoms with Gasteiger partial charge in [0.05, 0.1) is 11.2 Å². The van der Waals surface area contributed by atoms with Crippen LogP contribution in [0.25, 0.3) is 22.2 Å². The Kier molecular flexibility index (Phi) is 4.86. The molecule has 0 aliphatic carbocycles. The Morgan fingerprint density at radius 1 is 1.21 bits per heavy atom. The molecule has 1 aromatic carbocycles. The van der Waals surface area contributed by atoms with Gasteiger partial charge in [-0.25, -0.2) is 14.4 Å². The first-order valence-corrected chi connectivity index (χ1v) is 7.61. The zero-order valence-corrected chi connectivity index (χ0v) is 13.2. The van der Waals surface area contributed by atoms with E-state index in [4.69, 9.17) is 4.74 Å². The average Bonchev–Trinajstić information content (AvgIpc) is 2.65. The first-order chi connectivity index (χ1) is 11.7. The Labute approximate surface area is 139 Å². The maximum Gasteiger partial charge on any atom is 0.125 e. The van der Waals surface area contributed by atoms with Gasteiger partial charge in [-0.2, -0.15) is 0 Å². The molecule has 2 aromatic heterocycles. The lowest BCUT2D eigenvalue weighted by Gasteiger charge is -2.10. The van der Waals surface area contributed by atoms with Gasteiger partial charge in [0.2, 0.25) is 0 Å². The molecule has 0 bridgehead atoms. The van der Waals surface area contributed by atoms with E-state index in [1.54, 1.807) is 12.3 Å². The summed E-state index contributed by atoms with van der Waals surface area (Å²) < 4.78 is 17.6. The standard InChI is InChI=1S/C18H18FN3O2/c1-20-18-7-3-13(10-21-18)17-5-2-12-8-15(4-6-16(12)22-17)24-11-14(23)9-19/h2-8,10,14,23H,9,11H2,1H3,(H,20,21)/t14-/m0/s1. The number of hydrogen-bond donors (Lipinski definition) is 2. The minimum absolute atomic E-state index is 0.0724. The Hall–Kier alpha value is -2.73. The molecule has 0 saturated carbocycles. The Morgan fingerprint density at radius 3 is 2.79 bits per heavy atom. The number of aliphatic hydroxyl groups excluding tert-OH is 1. The average molecular weight is 327 g/mol. The molecule has 124 valence electrons. The van der Waals surface area contributed by atoms with Crippen LogP contribution in [0.4, 0.5) is 10.2 Å². The predicted octanol–water partition coefficient (Wildman–Crippen LogP) is 3.05. The van der Waals surface area contributed by atoms with E-state index in [-0.39, 0.29) is 6.61 Å². The summed E-state index contributed by atoms with van der Waals surface area (Å²) in [6.45, 7) is -0.893. The summed E-state index contributed by atoms with van der Waals surface area (Å²) in [5.74, 6) is 1.38. The number of nitrogens with one attached hydrogen (secondary N) is 1. The predicted molar refractivity (Wildman–Crippen MR) is 92.0 cm³/mol. The molecule has 2 heterocycles. The highest BCUT2D eigenvalue weighted by atomic mass is 19.1. The minimum atomic E-state index is -1.10. The van der Waals surface area contributed by atoms with Gasteiger partial charge >= 0.3 is 0 Å². The van der Waals surface area contributed by atoms with Gasteiger partial charge in [0.1, 0.15) is 31.0 Å². The van der Waals surface area contributed by atoms with E-state index in [0.29, 0.717) is 5.75 Å². The van der Waals surface area contributed by atoms with Crippen LogP contribution in [0.5, 0.6) is 5.75 Å². The van der Waals surface area contributed by atoms with Crippen molar-refractivity contribution >= 4 is 16.7 Å². The lowest BCUT2D eigenvalue weighted by atomic mass is 10.1. The third kappa shape index (κ3) is 3.60. The number of aromatic nitrogens is 2. The van der Waals surface area contributed by atoms with E-state index in [1.165, 1.54) is 0 Å². The van der Waals surface area contributed by atoms with Crippen LogP contribution < -0.4 is 10.1 Å². The van der Waals surface area contributed by atoms with Gasteiger partial charge in [0, 0.05) is 24.2 Å². The molecule has 24 heavy (non-hydrogen) atoms. The molecule has 0 saturated heterocycles. The monoisotopic (exact) mass is 327 g/mol.